The second kappa shape index (κ2) is 16.3. The Labute approximate surface area is 186 Å². The molecule has 1 aromatic rings. The fraction of sp³-hybridized carbons (Fsp3) is 0.714. The van der Waals surface area contributed by atoms with Gasteiger partial charge >= 0.3 is 0 Å². The van der Waals surface area contributed by atoms with E-state index in [1.165, 1.54) is 83.5 Å². The van der Waals surface area contributed by atoms with Gasteiger partial charge in [-0.05, 0) is 68.2 Å². The smallest absolute Gasteiger partial charge is 0.120 e. The van der Waals surface area contributed by atoms with E-state index in [-0.39, 0.29) is 0 Å². The highest BCUT2D eigenvalue weighted by Gasteiger charge is 2.18. The van der Waals surface area contributed by atoms with Gasteiger partial charge in [-0.2, -0.15) is 0 Å². The SMILES string of the molecule is CCCCCCCCOc1ccc(OC/C=C/[C@H]2CC[C@H](CCCCC)CC2)cc1. The van der Waals surface area contributed by atoms with Crippen molar-refractivity contribution in [1.29, 1.82) is 0 Å². The number of hydrogen-bond acceptors (Lipinski definition) is 2. The zero-order chi connectivity index (χ0) is 21.3. The third kappa shape index (κ3) is 11.1. The second-order valence-electron chi connectivity index (χ2n) is 9.10. The molecule has 0 heterocycles. The summed E-state index contributed by atoms with van der Waals surface area (Å²) in [5.41, 5.74) is 0. The van der Waals surface area contributed by atoms with Crippen molar-refractivity contribution in [3.05, 3.63) is 36.4 Å². The molecule has 0 saturated heterocycles. The lowest BCUT2D eigenvalue weighted by molar-refractivity contribution is 0.288. The Balaban J connectivity index is 1.53. The summed E-state index contributed by atoms with van der Waals surface area (Å²) in [6, 6.07) is 8.09. The van der Waals surface area contributed by atoms with E-state index in [9.17, 15) is 0 Å². The molecule has 30 heavy (non-hydrogen) atoms. The zero-order valence-electron chi connectivity index (χ0n) is 19.7. The molecule has 0 spiro atoms. The first-order valence-electron chi connectivity index (χ1n) is 12.8. The summed E-state index contributed by atoms with van der Waals surface area (Å²) < 4.78 is 11.7. The van der Waals surface area contributed by atoms with E-state index < -0.39 is 0 Å². The molecule has 0 amide bonds. The lowest BCUT2D eigenvalue weighted by Crippen LogP contribution is -2.13. The maximum absolute atomic E-state index is 5.88. The van der Waals surface area contributed by atoms with E-state index in [0.29, 0.717) is 6.61 Å². The van der Waals surface area contributed by atoms with E-state index in [1.54, 1.807) is 0 Å². The van der Waals surface area contributed by atoms with Gasteiger partial charge in [-0.1, -0.05) is 83.8 Å². The summed E-state index contributed by atoms with van der Waals surface area (Å²) in [6.07, 6.45) is 23.6. The van der Waals surface area contributed by atoms with Gasteiger partial charge in [-0.3, -0.25) is 0 Å². The summed E-state index contributed by atoms with van der Waals surface area (Å²) >= 11 is 0. The molecule has 2 nitrogen and oxygen atoms in total. The van der Waals surface area contributed by atoms with Crippen molar-refractivity contribution < 1.29 is 9.47 Å². The molecule has 0 bridgehead atoms. The van der Waals surface area contributed by atoms with Gasteiger partial charge in [0, 0.05) is 0 Å². The van der Waals surface area contributed by atoms with Crippen LogP contribution in [0.1, 0.15) is 104 Å². The summed E-state index contributed by atoms with van der Waals surface area (Å²) in [7, 11) is 0. The predicted octanol–water partition coefficient (Wildman–Crippen LogP) is 8.75. The van der Waals surface area contributed by atoms with Crippen LogP contribution in [0.15, 0.2) is 36.4 Å². The fourth-order valence-corrected chi connectivity index (χ4v) is 4.45. The molecule has 0 radical (unpaired) electrons. The number of hydrogen-bond donors (Lipinski definition) is 0. The normalized spacial score (nSPS) is 19.3. The third-order valence-corrected chi connectivity index (χ3v) is 6.45. The average Bonchev–Trinajstić information content (AvgIpc) is 2.78. The molecule has 1 fully saturated rings. The number of allylic oxidation sites excluding steroid dienone is 1. The molecule has 170 valence electrons. The Bertz CT molecular complexity index is 540. The van der Waals surface area contributed by atoms with Gasteiger partial charge in [0.05, 0.1) is 6.61 Å². The van der Waals surface area contributed by atoms with Gasteiger partial charge in [-0.15, -0.1) is 0 Å². The van der Waals surface area contributed by atoms with E-state index in [4.69, 9.17) is 9.47 Å². The Kier molecular flexibility index (Phi) is 13.5. The van der Waals surface area contributed by atoms with Crippen molar-refractivity contribution in [2.24, 2.45) is 11.8 Å². The van der Waals surface area contributed by atoms with Crippen molar-refractivity contribution in [3.8, 4) is 11.5 Å². The van der Waals surface area contributed by atoms with E-state index in [2.05, 4.69) is 26.0 Å². The summed E-state index contributed by atoms with van der Waals surface area (Å²) in [6.45, 7) is 6.03. The van der Waals surface area contributed by atoms with Crippen LogP contribution >= 0.6 is 0 Å². The Morgan fingerprint density at radius 2 is 1.33 bits per heavy atom. The van der Waals surface area contributed by atoms with Crippen LogP contribution in [0.25, 0.3) is 0 Å². The van der Waals surface area contributed by atoms with Crippen LogP contribution in [-0.2, 0) is 0 Å². The first kappa shape index (κ1) is 24.8. The van der Waals surface area contributed by atoms with Crippen LogP contribution in [0, 0.1) is 11.8 Å². The third-order valence-electron chi connectivity index (χ3n) is 6.45. The molecular formula is C28H46O2. The Morgan fingerprint density at radius 1 is 0.733 bits per heavy atom. The molecule has 2 rings (SSSR count). The predicted molar refractivity (Wildman–Crippen MR) is 130 cm³/mol. The van der Waals surface area contributed by atoms with Gasteiger partial charge in [-0.25, -0.2) is 0 Å². The second-order valence-corrected chi connectivity index (χ2v) is 9.10. The highest BCUT2D eigenvalue weighted by molar-refractivity contribution is 5.31. The first-order valence-corrected chi connectivity index (χ1v) is 12.8. The average molecular weight is 415 g/mol. The molecule has 1 aromatic carbocycles. The highest BCUT2D eigenvalue weighted by atomic mass is 16.5. The number of rotatable bonds is 16. The minimum atomic E-state index is 0.661. The Hall–Kier alpha value is -1.44. The monoisotopic (exact) mass is 414 g/mol. The summed E-state index contributed by atoms with van der Waals surface area (Å²) in [5.74, 6) is 3.61. The molecule has 1 aliphatic carbocycles. The molecule has 0 aromatic heterocycles. The van der Waals surface area contributed by atoms with Crippen molar-refractivity contribution in [3.63, 3.8) is 0 Å². The topological polar surface area (TPSA) is 18.5 Å². The number of unbranched alkanes of at least 4 members (excludes halogenated alkanes) is 7. The number of ether oxygens (including phenoxy) is 2. The maximum Gasteiger partial charge on any atom is 0.120 e. The van der Waals surface area contributed by atoms with Crippen molar-refractivity contribution in [2.75, 3.05) is 13.2 Å². The molecule has 0 unspecified atom stereocenters. The van der Waals surface area contributed by atoms with Gasteiger partial charge in [0.1, 0.15) is 18.1 Å². The van der Waals surface area contributed by atoms with Crippen LogP contribution in [0.2, 0.25) is 0 Å². The van der Waals surface area contributed by atoms with E-state index in [1.807, 2.05) is 24.3 Å². The van der Waals surface area contributed by atoms with Crippen molar-refractivity contribution in [2.45, 2.75) is 104 Å². The van der Waals surface area contributed by atoms with Crippen molar-refractivity contribution in [1.82, 2.24) is 0 Å². The highest BCUT2D eigenvalue weighted by Crippen LogP contribution is 2.32. The minimum absolute atomic E-state index is 0.661. The molecule has 0 aliphatic heterocycles. The van der Waals surface area contributed by atoms with Crippen LogP contribution in [0.4, 0.5) is 0 Å². The molecule has 1 aliphatic rings. The van der Waals surface area contributed by atoms with Crippen molar-refractivity contribution >= 4 is 0 Å². The largest absolute Gasteiger partial charge is 0.494 e. The first-order chi connectivity index (χ1) is 14.8. The van der Waals surface area contributed by atoms with E-state index in [0.717, 1.165) is 36.4 Å². The fourth-order valence-electron chi connectivity index (χ4n) is 4.45. The maximum atomic E-state index is 5.88. The lowest BCUT2D eigenvalue weighted by Gasteiger charge is -2.26. The van der Waals surface area contributed by atoms with Gasteiger partial charge in [0.2, 0.25) is 0 Å². The summed E-state index contributed by atoms with van der Waals surface area (Å²) in [5, 5.41) is 0. The molecule has 2 heteroatoms. The zero-order valence-corrected chi connectivity index (χ0v) is 19.7. The lowest BCUT2D eigenvalue weighted by atomic mass is 9.79. The van der Waals surface area contributed by atoms with Crippen LogP contribution in [0.3, 0.4) is 0 Å². The van der Waals surface area contributed by atoms with Gasteiger partial charge in [0.15, 0.2) is 0 Å². The molecular weight excluding hydrogens is 368 g/mol. The van der Waals surface area contributed by atoms with E-state index >= 15 is 0 Å². The van der Waals surface area contributed by atoms with Crippen LogP contribution in [0.5, 0.6) is 11.5 Å². The molecule has 0 atom stereocenters. The molecule has 0 N–H and O–H groups in total. The quantitative estimate of drug-likeness (QED) is 0.199. The van der Waals surface area contributed by atoms with Gasteiger partial charge in [0.25, 0.3) is 0 Å². The summed E-state index contributed by atoms with van der Waals surface area (Å²) in [4.78, 5) is 0. The number of benzene rings is 1. The minimum Gasteiger partial charge on any atom is -0.494 e. The van der Waals surface area contributed by atoms with Gasteiger partial charge < -0.3 is 9.47 Å². The van der Waals surface area contributed by atoms with Crippen LogP contribution < -0.4 is 9.47 Å². The molecule has 1 saturated carbocycles. The standard InChI is InChI=1S/C28H46O2/c1-3-5-7-8-9-11-23-29-27-19-21-28(22-20-27)30-24-12-14-26-17-15-25(16-18-26)13-10-6-4-2/h12,14,19-22,25-26H,3-11,13,15-18,23-24H2,1-2H3/b14-12+/t25-,26-. The van der Waals surface area contributed by atoms with Crippen LogP contribution in [-0.4, -0.2) is 13.2 Å². The Morgan fingerprint density at radius 3 is 2.03 bits per heavy atom.